The summed E-state index contributed by atoms with van der Waals surface area (Å²) in [7, 11) is -3.50. The first-order valence-corrected chi connectivity index (χ1v) is 12.0. The van der Waals surface area contributed by atoms with E-state index < -0.39 is 10.0 Å². The van der Waals surface area contributed by atoms with Crippen LogP contribution in [0.5, 0.6) is 5.75 Å². The molecule has 168 valence electrons. The van der Waals surface area contributed by atoms with Crippen molar-refractivity contribution in [2.45, 2.75) is 19.9 Å². The van der Waals surface area contributed by atoms with Crippen molar-refractivity contribution in [2.24, 2.45) is 0 Å². The summed E-state index contributed by atoms with van der Waals surface area (Å²) >= 11 is 5.31. The molecule has 11 heteroatoms. The molecule has 1 amide bonds. The summed E-state index contributed by atoms with van der Waals surface area (Å²) in [6.45, 7) is 2.49. The number of ether oxygens (including phenoxy) is 1. The van der Waals surface area contributed by atoms with Crippen molar-refractivity contribution < 1.29 is 22.4 Å². The van der Waals surface area contributed by atoms with Crippen molar-refractivity contribution in [1.29, 1.82) is 5.26 Å². The van der Waals surface area contributed by atoms with E-state index in [0.29, 0.717) is 29.6 Å². The van der Waals surface area contributed by atoms with Crippen LogP contribution in [0.4, 0.5) is 5.69 Å². The number of carbonyl (C=O) groups is 1. The van der Waals surface area contributed by atoms with Crippen molar-refractivity contribution in [3.05, 3.63) is 53.6 Å². The van der Waals surface area contributed by atoms with Crippen LogP contribution in [0.3, 0.4) is 0 Å². The second-order valence-electron chi connectivity index (χ2n) is 6.86. The highest BCUT2D eigenvalue weighted by Crippen LogP contribution is 2.25. The van der Waals surface area contributed by atoms with Crippen LogP contribution in [0.1, 0.15) is 24.9 Å². The van der Waals surface area contributed by atoms with E-state index in [4.69, 9.17) is 26.6 Å². The lowest BCUT2D eigenvalue weighted by Crippen LogP contribution is -2.30. The SMILES string of the molecule is CCOc1ccc(N2C(=O)/C(=C/c3ccc(CN(CCC#N)S(C)(=O)=O)o3)NC2=S)cc1. The Bertz CT molecular complexity index is 1180. The van der Waals surface area contributed by atoms with Crippen molar-refractivity contribution in [3.63, 3.8) is 0 Å². The smallest absolute Gasteiger partial charge is 0.281 e. The van der Waals surface area contributed by atoms with E-state index in [9.17, 15) is 13.2 Å². The molecule has 2 aromatic rings. The molecule has 0 unspecified atom stereocenters. The summed E-state index contributed by atoms with van der Waals surface area (Å²) in [6.07, 6.45) is 2.66. The number of hydrogen-bond acceptors (Lipinski definition) is 7. The van der Waals surface area contributed by atoms with Gasteiger partial charge in [-0.2, -0.15) is 9.57 Å². The Labute approximate surface area is 191 Å². The molecule has 0 aliphatic carbocycles. The molecule has 1 aromatic heterocycles. The Morgan fingerprint density at radius 2 is 2.00 bits per heavy atom. The van der Waals surface area contributed by atoms with Gasteiger partial charge in [-0.25, -0.2) is 8.42 Å². The quantitative estimate of drug-likeness (QED) is 0.436. The van der Waals surface area contributed by atoms with Crippen molar-refractivity contribution in [3.8, 4) is 11.8 Å². The number of amides is 1. The highest BCUT2D eigenvalue weighted by Gasteiger charge is 2.32. The van der Waals surface area contributed by atoms with Crippen LogP contribution in [-0.4, -0.2) is 43.2 Å². The molecular formula is C21H22N4O5S2. The lowest BCUT2D eigenvalue weighted by atomic mass is 10.2. The summed E-state index contributed by atoms with van der Waals surface area (Å²) < 4.78 is 36.1. The van der Waals surface area contributed by atoms with Gasteiger partial charge in [-0.05, 0) is 55.5 Å². The van der Waals surface area contributed by atoms with Crippen LogP contribution in [0, 0.1) is 11.3 Å². The number of sulfonamides is 1. The Hall–Kier alpha value is -3.20. The Balaban J connectivity index is 1.75. The van der Waals surface area contributed by atoms with E-state index in [0.717, 1.165) is 10.6 Å². The lowest BCUT2D eigenvalue weighted by Gasteiger charge is -2.16. The number of rotatable bonds is 9. The molecule has 0 spiro atoms. The number of nitrogens with one attached hydrogen (secondary N) is 1. The maximum atomic E-state index is 12.9. The molecule has 1 N–H and O–H groups in total. The van der Waals surface area contributed by atoms with Gasteiger partial charge in [0.15, 0.2) is 5.11 Å². The van der Waals surface area contributed by atoms with Gasteiger partial charge in [0, 0.05) is 19.0 Å². The Morgan fingerprint density at radius 3 is 2.62 bits per heavy atom. The third-order valence-electron chi connectivity index (χ3n) is 4.53. The number of anilines is 1. The fourth-order valence-corrected chi connectivity index (χ4v) is 4.12. The molecule has 0 saturated carbocycles. The average molecular weight is 475 g/mol. The molecule has 1 fully saturated rings. The molecule has 1 saturated heterocycles. The van der Waals surface area contributed by atoms with Crippen LogP contribution in [0.15, 0.2) is 46.5 Å². The zero-order valence-corrected chi connectivity index (χ0v) is 19.2. The van der Waals surface area contributed by atoms with Gasteiger partial charge in [0.1, 0.15) is 23.0 Å². The molecule has 1 aliphatic heterocycles. The topological polar surface area (TPSA) is 116 Å². The lowest BCUT2D eigenvalue weighted by molar-refractivity contribution is -0.113. The monoisotopic (exact) mass is 474 g/mol. The molecule has 1 aromatic carbocycles. The third kappa shape index (κ3) is 5.53. The number of carbonyl (C=O) groups excluding carboxylic acids is 1. The molecule has 2 heterocycles. The third-order valence-corrected chi connectivity index (χ3v) is 6.06. The number of hydrogen-bond donors (Lipinski definition) is 1. The largest absolute Gasteiger partial charge is 0.494 e. The number of nitriles is 1. The van der Waals surface area contributed by atoms with E-state index in [1.54, 1.807) is 36.4 Å². The fraction of sp³-hybridized carbons (Fsp3) is 0.286. The zero-order valence-electron chi connectivity index (χ0n) is 17.6. The minimum absolute atomic E-state index is 0.0121. The Kier molecular flexibility index (Phi) is 7.29. The molecule has 0 atom stereocenters. The van der Waals surface area contributed by atoms with Crippen molar-refractivity contribution in [2.75, 3.05) is 24.3 Å². The molecule has 32 heavy (non-hydrogen) atoms. The summed E-state index contributed by atoms with van der Waals surface area (Å²) in [5, 5.41) is 11.8. The van der Waals surface area contributed by atoms with Crippen LogP contribution in [0.25, 0.3) is 6.08 Å². The Morgan fingerprint density at radius 1 is 1.28 bits per heavy atom. The second kappa shape index (κ2) is 9.95. The minimum atomic E-state index is -3.50. The zero-order chi connectivity index (χ0) is 23.3. The van der Waals surface area contributed by atoms with Gasteiger partial charge < -0.3 is 14.5 Å². The van der Waals surface area contributed by atoms with Gasteiger partial charge in [-0.3, -0.25) is 9.69 Å². The molecular weight excluding hydrogens is 452 g/mol. The number of thiocarbonyl (C=S) groups is 1. The highest BCUT2D eigenvalue weighted by atomic mass is 32.2. The van der Waals surface area contributed by atoms with E-state index in [2.05, 4.69) is 5.32 Å². The molecule has 0 bridgehead atoms. The van der Waals surface area contributed by atoms with E-state index in [1.165, 1.54) is 11.0 Å². The first kappa shape index (κ1) is 23.5. The second-order valence-corrected chi connectivity index (χ2v) is 9.23. The number of nitrogens with zero attached hydrogens (tertiary/aromatic N) is 3. The molecule has 0 radical (unpaired) electrons. The van der Waals surface area contributed by atoms with E-state index in [1.807, 2.05) is 13.0 Å². The molecule has 3 rings (SSSR count). The van der Waals surface area contributed by atoms with E-state index in [-0.39, 0.29) is 36.2 Å². The predicted molar refractivity (Wildman–Crippen MR) is 123 cm³/mol. The van der Waals surface area contributed by atoms with Gasteiger partial charge in [-0.1, -0.05) is 0 Å². The molecule has 9 nitrogen and oxygen atoms in total. The van der Waals surface area contributed by atoms with Crippen molar-refractivity contribution >= 4 is 45.0 Å². The maximum Gasteiger partial charge on any atom is 0.281 e. The van der Waals surface area contributed by atoms with Gasteiger partial charge in [0.05, 0.1) is 31.2 Å². The van der Waals surface area contributed by atoms with Gasteiger partial charge in [0.2, 0.25) is 10.0 Å². The number of furan rings is 1. The van der Waals surface area contributed by atoms with Crippen LogP contribution < -0.4 is 15.0 Å². The summed E-state index contributed by atoms with van der Waals surface area (Å²) in [5.74, 6) is 1.10. The van der Waals surface area contributed by atoms with Gasteiger partial charge in [0.25, 0.3) is 5.91 Å². The van der Waals surface area contributed by atoms with Crippen LogP contribution >= 0.6 is 12.2 Å². The van der Waals surface area contributed by atoms with E-state index >= 15 is 0 Å². The van der Waals surface area contributed by atoms with Gasteiger partial charge >= 0.3 is 0 Å². The fourth-order valence-electron chi connectivity index (χ4n) is 3.04. The first-order valence-electron chi connectivity index (χ1n) is 9.73. The molecule has 1 aliphatic rings. The van der Waals surface area contributed by atoms with Gasteiger partial charge in [-0.15, -0.1) is 0 Å². The predicted octanol–water partition coefficient (Wildman–Crippen LogP) is 2.62. The van der Waals surface area contributed by atoms with Crippen LogP contribution in [0.2, 0.25) is 0 Å². The normalized spacial score (nSPS) is 15.3. The van der Waals surface area contributed by atoms with Crippen LogP contribution in [-0.2, 0) is 21.4 Å². The maximum absolute atomic E-state index is 12.9. The standard InChI is InChI=1S/C21H22N4O5S2/c1-3-29-16-7-5-15(6-8-16)25-20(26)19(23-21(25)31)13-17-9-10-18(30-17)14-24(12-4-11-22)32(2,27)28/h5-10,13H,3-4,12,14H2,1-2H3,(H,23,31)/b19-13-. The first-order chi connectivity index (χ1) is 15.2. The summed E-state index contributed by atoms with van der Waals surface area (Å²) in [6, 6.07) is 12.2. The minimum Gasteiger partial charge on any atom is -0.494 e. The van der Waals surface area contributed by atoms with Crippen molar-refractivity contribution in [1.82, 2.24) is 9.62 Å². The average Bonchev–Trinajstić information content (AvgIpc) is 3.29. The summed E-state index contributed by atoms with van der Waals surface area (Å²) in [4.78, 5) is 14.3. The highest BCUT2D eigenvalue weighted by molar-refractivity contribution is 7.88. The number of benzene rings is 1. The summed E-state index contributed by atoms with van der Waals surface area (Å²) in [5.41, 5.74) is 0.829.